The van der Waals surface area contributed by atoms with Crippen molar-refractivity contribution in [2.75, 3.05) is 13.2 Å². The molecule has 2 rings (SSSR count). The van der Waals surface area contributed by atoms with Gasteiger partial charge < -0.3 is 14.2 Å². The van der Waals surface area contributed by atoms with Crippen molar-refractivity contribution in [3.05, 3.63) is 78.9 Å². The molecule has 2 aromatic carbocycles. The highest BCUT2D eigenvalue weighted by molar-refractivity contribution is 5.91. The van der Waals surface area contributed by atoms with Crippen molar-refractivity contribution < 1.29 is 27.8 Å². The first-order chi connectivity index (χ1) is 15.1. The van der Waals surface area contributed by atoms with Crippen LogP contribution in [0.1, 0.15) is 48.9 Å². The number of ether oxygens (including phenoxy) is 3. The third kappa shape index (κ3) is 7.89. The van der Waals surface area contributed by atoms with E-state index >= 15 is 0 Å². The Bertz CT molecular complexity index is 863. The molecule has 0 aromatic heterocycles. The Morgan fingerprint density at radius 3 is 1.94 bits per heavy atom. The van der Waals surface area contributed by atoms with Crippen molar-refractivity contribution in [3.63, 3.8) is 0 Å². The first-order valence-electron chi connectivity index (χ1n) is 10.3. The number of esters is 1. The lowest BCUT2D eigenvalue weighted by atomic mass is 10.2. The molecule has 0 aliphatic heterocycles. The molecule has 0 heterocycles. The Labute approximate surface area is 182 Å². The van der Waals surface area contributed by atoms with Gasteiger partial charge in [0.2, 0.25) is 11.6 Å². The monoisotopic (exact) mass is 430 g/mol. The van der Waals surface area contributed by atoms with E-state index in [1.807, 2.05) is 6.08 Å². The number of hydrogen-bond donors (Lipinski definition) is 0. The van der Waals surface area contributed by atoms with Crippen LogP contribution < -0.4 is 14.2 Å². The van der Waals surface area contributed by atoms with E-state index in [0.29, 0.717) is 18.8 Å². The van der Waals surface area contributed by atoms with Gasteiger partial charge in [0.05, 0.1) is 18.8 Å². The maximum Gasteiger partial charge on any atom is 0.343 e. The molecule has 166 valence electrons. The Morgan fingerprint density at radius 1 is 0.774 bits per heavy atom. The topological polar surface area (TPSA) is 44.8 Å². The zero-order chi connectivity index (χ0) is 22.5. The minimum absolute atomic E-state index is 0.196. The van der Waals surface area contributed by atoms with Gasteiger partial charge in [-0.15, -0.1) is 13.2 Å². The molecule has 4 nitrogen and oxygen atoms in total. The standard InChI is InChI=1S/C25H28F2O4/c1-3-5-7-9-17-29-20-13-11-19(12-14-20)25(28)31-22-16-15-21(23(26)24(22)27)30-18-10-8-6-4-2/h3-4,11-16H,1-2,5-10,17-18H2. The van der Waals surface area contributed by atoms with E-state index in [4.69, 9.17) is 14.2 Å². The van der Waals surface area contributed by atoms with Crippen molar-refractivity contribution in [1.29, 1.82) is 0 Å². The first-order valence-corrected chi connectivity index (χ1v) is 10.3. The minimum Gasteiger partial charge on any atom is -0.494 e. The van der Waals surface area contributed by atoms with Crippen LogP contribution in [0.25, 0.3) is 0 Å². The molecule has 0 aliphatic carbocycles. The van der Waals surface area contributed by atoms with Crippen LogP contribution in [0.3, 0.4) is 0 Å². The van der Waals surface area contributed by atoms with Crippen LogP contribution in [0.2, 0.25) is 0 Å². The Kier molecular flexibility index (Phi) is 10.3. The molecule has 0 amide bonds. The summed E-state index contributed by atoms with van der Waals surface area (Å²) in [6, 6.07) is 8.70. The lowest BCUT2D eigenvalue weighted by molar-refractivity contribution is 0.0726. The SMILES string of the molecule is C=CCCCCOc1ccc(C(=O)Oc2ccc(OCCCCC=C)c(F)c2F)cc1. The van der Waals surface area contributed by atoms with Gasteiger partial charge in [0.15, 0.2) is 11.5 Å². The molecule has 6 heteroatoms. The molecule has 0 fully saturated rings. The molecule has 2 aromatic rings. The number of rotatable bonds is 14. The van der Waals surface area contributed by atoms with Crippen molar-refractivity contribution in [1.82, 2.24) is 0 Å². The van der Waals surface area contributed by atoms with E-state index in [2.05, 4.69) is 13.2 Å². The average Bonchev–Trinajstić information content (AvgIpc) is 2.78. The van der Waals surface area contributed by atoms with Crippen molar-refractivity contribution >= 4 is 5.97 Å². The molecule has 0 bridgehead atoms. The second-order valence-electron chi connectivity index (χ2n) is 6.87. The highest BCUT2D eigenvalue weighted by atomic mass is 19.2. The van der Waals surface area contributed by atoms with E-state index in [1.54, 1.807) is 18.2 Å². The second kappa shape index (κ2) is 13.2. The summed E-state index contributed by atoms with van der Waals surface area (Å²) < 4.78 is 44.4. The summed E-state index contributed by atoms with van der Waals surface area (Å²) in [7, 11) is 0. The lowest BCUT2D eigenvalue weighted by Gasteiger charge is -2.11. The molecule has 0 saturated heterocycles. The van der Waals surface area contributed by atoms with E-state index in [9.17, 15) is 13.6 Å². The summed E-state index contributed by atoms with van der Waals surface area (Å²) in [4.78, 5) is 12.3. The Morgan fingerprint density at radius 2 is 1.32 bits per heavy atom. The fraction of sp³-hybridized carbons (Fsp3) is 0.320. The molecule has 0 aliphatic rings. The molecule has 0 radical (unpaired) electrons. The second-order valence-corrected chi connectivity index (χ2v) is 6.87. The number of hydrogen-bond acceptors (Lipinski definition) is 4. The van der Waals surface area contributed by atoms with Gasteiger partial charge in [-0.2, -0.15) is 8.78 Å². The summed E-state index contributed by atoms with van der Waals surface area (Å²) in [5.41, 5.74) is 0.196. The van der Waals surface area contributed by atoms with Gasteiger partial charge in [-0.25, -0.2) is 4.79 Å². The highest BCUT2D eigenvalue weighted by Crippen LogP contribution is 2.28. The number of carbonyl (C=O) groups is 1. The third-order valence-corrected chi connectivity index (χ3v) is 4.44. The molecule has 31 heavy (non-hydrogen) atoms. The van der Waals surface area contributed by atoms with Gasteiger partial charge in [0.1, 0.15) is 5.75 Å². The van der Waals surface area contributed by atoms with Crippen molar-refractivity contribution in [2.45, 2.75) is 38.5 Å². The van der Waals surface area contributed by atoms with E-state index in [0.717, 1.165) is 32.1 Å². The third-order valence-electron chi connectivity index (χ3n) is 4.44. The first kappa shape index (κ1) is 24.1. The maximum absolute atomic E-state index is 14.3. The smallest absolute Gasteiger partial charge is 0.343 e. The quantitative estimate of drug-likeness (QED) is 0.146. The zero-order valence-corrected chi connectivity index (χ0v) is 17.6. The van der Waals surface area contributed by atoms with Crippen LogP contribution in [0.15, 0.2) is 61.7 Å². The molecule has 0 N–H and O–H groups in total. The largest absolute Gasteiger partial charge is 0.494 e. The van der Waals surface area contributed by atoms with Crippen LogP contribution in [-0.4, -0.2) is 19.2 Å². The van der Waals surface area contributed by atoms with Crippen molar-refractivity contribution in [2.24, 2.45) is 0 Å². The number of benzene rings is 2. The van der Waals surface area contributed by atoms with E-state index in [-0.39, 0.29) is 17.9 Å². The average molecular weight is 430 g/mol. The predicted molar refractivity (Wildman–Crippen MR) is 117 cm³/mol. The summed E-state index contributed by atoms with van der Waals surface area (Å²) in [6.07, 6.45) is 8.86. The van der Waals surface area contributed by atoms with Gasteiger partial charge in [-0.1, -0.05) is 12.2 Å². The summed E-state index contributed by atoms with van der Waals surface area (Å²) in [5.74, 6) is -3.35. The van der Waals surface area contributed by atoms with Gasteiger partial charge in [0.25, 0.3) is 0 Å². The van der Waals surface area contributed by atoms with Crippen LogP contribution in [-0.2, 0) is 0 Å². The summed E-state index contributed by atoms with van der Waals surface area (Å²) >= 11 is 0. The Balaban J connectivity index is 1.90. The summed E-state index contributed by atoms with van der Waals surface area (Å²) in [5, 5.41) is 0. The molecule has 0 spiro atoms. The maximum atomic E-state index is 14.3. The predicted octanol–water partition coefficient (Wildman–Crippen LogP) is 6.65. The van der Waals surface area contributed by atoms with Crippen LogP contribution in [0.4, 0.5) is 8.78 Å². The van der Waals surface area contributed by atoms with E-state index < -0.39 is 23.4 Å². The number of unbranched alkanes of at least 4 members (excludes halogenated alkanes) is 4. The van der Waals surface area contributed by atoms with Gasteiger partial charge in [-0.3, -0.25) is 0 Å². The van der Waals surface area contributed by atoms with Crippen LogP contribution >= 0.6 is 0 Å². The normalized spacial score (nSPS) is 10.4. The van der Waals surface area contributed by atoms with Gasteiger partial charge in [0, 0.05) is 0 Å². The molecular formula is C25H28F2O4. The molecule has 0 unspecified atom stereocenters. The Hall–Kier alpha value is -3.15. The molecule has 0 saturated carbocycles. The van der Waals surface area contributed by atoms with Crippen molar-refractivity contribution in [3.8, 4) is 17.2 Å². The van der Waals surface area contributed by atoms with Gasteiger partial charge >= 0.3 is 5.97 Å². The zero-order valence-electron chi connectivity index (χ0n) is 17.6. The molecule has 0 atom stereocenters. The minimum atomic E-state index is -1.27. The lowest BCUT2D eigenvalue weighted by Crippen LogP contribution is -2.10. The van der Waals surface area contributed by atoms with E-state index in [1.165, 1.54) is 24.3 Å². The fourth-order valence-corrected chi connectivity index (χ4v) is 2.70. The summed E-state index contributed by atoms with van der Waals surface area (Å²) in [6.45, 7) is 8.11. The van der Waals surface area contributed by atoms with Gasteiger partial charge in [-0.05, 0) is 74.9 Å². The highest BCUT2D eigenvalue weighted by Gasteiger charge is 2.19. The van der Waals surface area contributed by atoms with Crippen LogP contribution in [0, 0.1) is 11.6 Å². The number of carbonyl (C=O) groups excluding carboxylic acids is 1. The molecular weight excluding hydrogens is 402 g/mol. The number of allylic oxidation sites excluding steroid dienone is 2. The fourth-order valence-electron chi connectivity index (χ4n) is 2.70. The number of halogens is 2. The van der Waals surface area contributed by atoms with Crippen LogP contribution in [0.5, 0.6) is 17.2 Å².